The van der Waals surface area contributed by atoms with E-state index in [1.807, 2.05) is 0 Å². The predicted octanol–water partition coefficient (Wildman–Crippen LogP) is 12.2. The fourth-order valence-electron chi connectivity index (χ4n) is 9.86. The van der Waals surface area contributed by atoms with Crippen molar-refractivity contribution in [2.45, 2.75) is 5.41 Å². The highest BCUT2D eigenvalue weighted by atomic mass is 15.0. The summed E-state index contributed by atoms with van der Waals surface area (Å²) in [7, 11) is 0. The zero-order valence-corrected chi connectivity index (χ0v) is 27.7. The summed E-state index contributed by atoms with van der Waals surface area (Å²) in [6.07, 6.45) is 0. The minimum absolute atomic E-state index is 0.510. The maximum atomic E-state index is 2.52. The van der Waals surface area contributed by atoms with Crippen molar-refractivity contribution in [3.8, 4) is 33.6 Å². The van der Waals surface area contributed by atoms with Gasteiger partial charge in [-0.1, -0.05) is 146 Å². The number of fused-ring (bicyclic) bond motifs is 15. The van der Waals surface area contributed by atoms with Crippen molar-refractivity contribution < 1.29 is 0 Å². The standard InChI is InChI=1S/C49H30N2/c1-2-14-32(15-3-1)50-43-25-9-5-17-35(43)37-29-28-31(30-46(37)50)33-19-12-20-38-34-16-4-7-22-40(34)49(47(33)38)41-23-8-11-27-45(41)51-44-26-10-6-18-36(44)39-21-13-24-42(49)48(39)51/h1-30H. The molecule has 0 saturated heterocycles. The number of benzene rings is 8. The summed E-state index contributed by atoms with van der Waals surface area (Å²) in [5, 5.41) is 5.13. The van der Waals surface area contributed by atoms with E-state index < -0.39 is 5.41 Å². The van der Waals surface area contributed by atoms with Gasteiger partial charge >= 0.3 is 0 Å². The van der Waals surface area contributed by atoms with Gasteiger partial charge in [-0.15, -0.1) is 0 Å². The second-order valence-corrected chi connectivity index (χ2v) is 14.0. The van der Waals surface area contributed by atoms with Gasteiger partial charge in [0.05, 0.1) is 33.2 Å². The molecule has 0 N–H and O–H groups in total. The van der Waals surface area contributed by atoms with Gasteiger partial charge in [0.2, 0.25) is 0 Å². The highest BCUT2D eigenvalue weighted by Crippen LogP contribution is 2.62. The number of para-hydroxylation sites is 5. The third-order valence-corrected chi connectivity index (χ3v) is 11.7. The number of rotatable bonds is 2. The first kappa shape index (κ1) is 27.2. The van der Waals surface area contributed by atoms with E-state index in [9.17, 15) is 0 Å². The van der Waals surface area contributed by atoms with E-state index in [2.05, 4.69) is 191 Å². The Bertz CT molecular complexity index is 3090. The van der Waals surface area contributed by atoms with Gasteiger partial charge in [-0.3, -0.25) is 0 Å². The fourth-order valence-corrected chi connectivity index (χ4v) is 9.86. The van der Waals surface area contributed by atoms with Gasteiger partial charge in [0, 0.05) is 27.2 Å². The molecule has 0 radical (unpaired) electrons. The summed E-state index contributed by atoms with van der Waals surface area (Å²) in [6.45, 7) is 0. The fraction of sp³-hybridized carbons (Fsp3) is 0.0204. The van der Waals surface area contributed by atoms with E-state index in [1.165, 1.54) is 99.5 Å². The molecule has 236 valence electrons. The van der Waals surface area contributed by atoms with E-state index in [4.69, 9.17) is 0 Å². The van der Waals surface area contributed by atoms with E-state index in [0.29, 0.717) is 0 Å². The Balaban J connectivity index is 1.24. The van der Waals surface area contributed by atoms with Crippen molar-refractivity contribution in [2.75, 3.05) is 0 Å². The highest BCUT2D eigenvalue weighted by Gasteiger charge is 2.51. The summed E-state index contributed by atoms with van der Waals surface area (Å²) >= 11 is 0. The van der Waals surface area contributed by atoms with Crippen LogP contribution in [0.2, 0.25) is 0 Å². The molecule has 10 aromatic rings. The first-order chi connectivity index (χ1) is 25.3. The van der Waals surface area contributed by atoms with Crippen LogP contribution in [0.3, 0.4) is 0 Å². The van der Waals surface area contributed by atoms with Gasteiger partial charge in [-0.05, 0) is 80.9 Å². The van der Waals surface area contributed by atoms with E-state index >= 15 is 0 Å². The van der Waals surface area contributed by atoms with E-state index in [1.54, 1.807) is 0 Å². The third-order valence-electron chi connectivity index (χ3n) is 11.7. The number of nitrogens with zero attached hydrogens (tertiary/aromatic N) is 2. The van der Waals surface area contributed by atoms with E-state index in [0.717, 1.165) is 0 Å². The summed E-state index contributed by atoms with van der Waals surface area (Å²) in [4.78, 5) is 0. The van der Waals surface area contributed by atoms with Crippen LogP contribution in [0.15, 0.2) is 182 Å². The van der Waals surface area contributed by atoms with Gasteiger partial charge in [0.15, 0.2) is 0 Å². The van der Waals surface area contributed by atoms with Crippen LogP contribution in [-0.2, 0) is 5.41 Å². The lowest BCUT2D eigenvalue weighted by atomic mass is 9.64. The minimum Gasteiger partial charge on any atom is -0.309 e. The van der Waals surface area contributed by atoms with Crippen LogP contribution < -0.4 is 0 Å². The topological polar surface area (TPSA) is 9.86 Å². The lowest BCUT2D eigenvalue weighted by Crippen LogP contribution is -2.34. The Kier molecular flexibility index (Phi) is 5.20. The molecule has 1 aliphatic carbocycles. The number of hydrogen-bond donors (Lipinski definition) is 0. The van der Waals surface area contributed by atoms with Crippen LogP contribution in [0.1, 0.15) is 22.3 Å². The van der Waals surface area contributed by atoms with Gasteiger partial charge in [0.1, 0.15) is 0 Å². The summed E-state index contributed by atoms with van der Waals surface area (Å²) in [5.41, 5.74) is 17.4. The monoisotopic (exact) mass is 646 g/mol. The van der Waals surface area contributed by atoms with Crippen molar-refractivity contribution in [1.29, 1.82) is 0 Å². The third kappa shape index (κ3) is 3.28. The lowest BCUT2D eigenvalue weighted by Gasteiger charge is -2.40. The molecule has 8 aromatic carbocycles. The molecule has 2 aliphatic rings. The smallest absolute Gasteiger partial charge is 0.0760 e. The van der Waals surface area contributed by atoms with Crippen molar-refractivity contribution >= 4 is 43.6 Å². The lowest BCUT2D eigenvalue weighted by molar-refractivity contribution is 0.750. The molecular formula is C49H30N2. The summed E-state index contributed by atoms with van der Waals surface area (Å²) in [6, 6.07) is 67.8. The Morgan fingerprint density at radius 2 is 0.941 bits per heavy atom. The highest BCUT2D eigenvalue weighted by molar-refractivity contribution is 6.14. The van der Waals surface area contributed by atoms with Crippen LogP contribution in [-0.4, -0.2) is 9.13 Å². The molecule has 51 heavy (non-hydrogen) atoms. The second-order valence-electron chi connectivity index (χ2n) is 14.0. The van der Waals surface area contributed by atoms with Gasteiger partial charge in [0.25, 0.3) is 0 Å². The Labute approximate surface area is 295 Å². The molecule has 0 saturated carbocycles. The number of aromatic nitrogens is 2. The molecule has 2 nitrogen and oxygen atoms in total. The van der Waals surface area contributed by atoms with Crippen LogP contribution in [0.25, 0.3) is 77.2 Å². The molecule has 2 heteroatoms. The SMILES string of the molecule is c1ccc(-n2c3ccccc3c3ccc(-c4cccc5c4C4(c6ccccc6-5)c5ccccc5-n5c6ccccc6c6cccc4c65)cc32)cc1. The molecule has 1 spiro atoms. The Morgan fingerprint density at radius 1 is 0.353 bits per heavy atom. The quantitative estimate of drug-likeness (QED) is 0.177. The number of hydrogen-bond acceptors (Lipinski definition) is 0. The average molecular weight is 647 g/mol. The van der Waals surface area contributed by atoms with Crippen LogP contribution in [0.4, 0.5) is 0 Å². The molecule has 1 atom stereocenters. The van der Waals surface area contributed by atoms with Crippen LogP contribution in [0, 0.1) is 0 Å². The maximum absolute atomic E-state index is 2.52. The molecule has 1 aliphatic heterocycles. The normalized spacial score (nSPS) is 15.5. The maximum Gasteiger partial charge on any atom is 0.0760 e. The van der Waals surface area contributed by atoms with Gasteiger partial charge in [-0.25, -0.2) is 0 Å². The second kappa shape index (κ2) is 9.74. The van der Waals surface area contributed by atoms with Crippen molar-refractivity contribution in [1.82, 2.24) is 9.13 Å². The zero-order valence-electron chi connectivity index (χ0n) is 27.7. The molecule has 1 unspecified atom stereocenters. The van der Waals surface area contributed by atoms with Crippen molar-refractivity contribution in [3.05, 3.63) is 204 Å². The largest absolute Gasteiger partial charge is 0.309 e. The van der Waals surface area contributed by atoms with Crippen LogP contribution >= 0.6 is 0 Å². The summed E-state index contributed by atoms with van der Waals surface area (Å²) < 4.78 is 4.95. The van der Waals surface area contributed by atoms with Crippen molar-refractivity contribution in [3.63, 3.8) is 0 Å². The predicted molar refractivity (Wildman–Crippen MR) is 211 cm³/mol. The molecule has 2 aromatic heterocycles. The molecular weight excluding hydrogens is 617 g/mol. The van der Waals surface area contributed by atoms with Gasteiger partial charge < -0.3 is 9.13 Å². The zero-order chi connectivity index (χ0) is 33.3. The van der Waals surface area contributed by atoms with E-state index in [-0.39, 0.29) is 0 Å². The minimum atomic E-state index is -0.510. The first-order valence-corrected chi connectivity index (χ1v) is 17.8. The Morgan fingerprint density at radius 3 is 1.80 bits per heavy atom. The molecule has 12 rings (SSSR count). The van der Waals surface area contributed by atoms with Crippen LogP contribution in [0.5, 0.6) is 0 Å². The molecule has 0 fully saturated rings. The molecule has 0 bridgehead atoms. The Hall–Kier alpha value is -6.64. The average Bonchev–Trinajstić information content (AvgIpc) is 3.82. The molecule has 3 heterocycles. The molecule has 0 amide bonds. The first-order valence-electron chi connectivity index (χ1n) is 17.8. The van der Waals surface area contributed by atoms with Gasteiger partial charge in [-0.2, -0.15) is 0 Å². The summed E-state index contributed by atoms with van der Waals surface area (Å²) in [5.74, 6) is 0. The van der Waals surface area contributed by atoms with Crippen molar-refractivity contribution in [2.24, 2.45) is 0 Å².